The average molecular weight is 118 g/mol. The standard InChI is InChI=1S/C5H10O3/c6-4-8-5-2-1-3-7-5/h5-6H,1-4H2. The van der Waals surface area contributed by atoms with Crippen LogP contribution in [0.4, 0.5) is 0 Å². The Kier molecular flexibility index (Phi) is 2.27. The van der Waals surface area contributed by atoms with Crippen LogP contribution in [-0.4, -0.2) is 24.8 Å². The summed E-state index contributed by atoms with van der Waals surface area (Å²) in [4.78, 5) is 0. The number of aliphatic hydroxyl groups excluding tert-OH is 1. The lowest BCUT2D eigenvalue weighted by Gasteiger charge is -2.05. The zero-order chi connectivity index (χ0) is 5.82. The molecule has 1 heterocycles. The van der Waals surface area contributed by atoms with E-state index in [1.54, 1.807) is 0 Å². The van der Waals surface area contributed by atoms with E-state index in [1.807, 2.05) is 0 Å². The van der Waals surface area contributed by atoms with Crippen LogP contribution in [0.1, 0.15) is 12.8 Å². The van der Waals surface area contributed by atoms with E-state index in [1.165, 1.54) is 0 Å². The molecule has 0 radical (unpaired) electrons. The third-order valence-corrected chi connectivity index (χ3v) is 1.15. The molecule has 0 aromatic heterocycles. The van der Waals surface area contributed by atoms with E-state index < -0.39 is 0 Å². The summed E-state index contributed by atoms with van der Waals surface area (Å²) in [5.74, 6) is 0. The molecule has 0 spiro atoms. The third-order valence-electron chi connectivity index (χ3n) is 1.15. The first-order valence-electron chi connectivity index (χ1n) is 2.77. The number of hydrogen-bond acceptors (Lipinski definition) is 3. The smallest absolute Gasteiger partial charge is 0.160 e. The highest BCUT2D eigenvalue weighted by Gasteiger charge is 2.14. The summed E-state index contributed by atoms with van der Waals surface area (Å²) in [6.07, 6.45) is 1.82. The topological polar surface area (TPSA) is 38.7 Å². The molecule has 1 rings (SSSR count). The van der Waals surface area contributed by atoms with Gasteiger partial charge in [0, 0.05) is 13.0 Å². The minimum Gasteiger partial charge on any atom is -0.371 e. The van der Waals surface area contributed by atoms with Crippen molar-refractivity contribution in [2.75, 3.05) is 13.4 Å². The minimum absolute atomic E-state index is 0.139. The van der Waals surface area contributed by atoms with Crippen molar-refractivity contribution in [2.45, 2.75) is 19.1 Å². The summed E-state index contributed by atoms with van der Waals surface area (Å²) in [5.41, 5.74) is 0. The molecule has 1 aliphatic rings. The summed E-state index contributed by atoms with van der Waals surface area (Å²) in [5, 5.41) is 8.22. The van der Waals surface area contributed by atoms with Gasteiger partial charge in [0.1, 0.15) is 6.79 Å². The lowest BCUT2D eigenvalue weighted by atomic mass is 10.4. The molecule has 0 saturated carbocycles. The van der Waals surface area contributed by atoms with E-state index >= 15 is 0 Å². The van der Waals surface area contributed by atoms with Gasteiger partial charge in [-0.25, -0.2) is 0 Å². The van der Waals surface area contributed by atoms with Gasteiger partial charge >= 0.3 is 0 Å². The molecule has 3 heteroatoms. The summed E-state index contributed by atoms with van der Waals surface area (Å²) >= 11 is 0. The zero-order valence-corrected chi connectivity index (χ0v) is 4.67. The first-order valence-corrected chi connectivity index (χ1v) is 2.77. The molecule has 0 amide bonds. The highest BCUT2D eigenvalue weighted by molar-refractivity contribution is 4.52. The largest absolute Gasteiger partial charge is 0.371 e. The molecule has 1 saturated heterocycles. The highest BCUT2D eigenvalue weighted by atomic mass is 16.7. The van der Waals surface area contributed by atoms with Gasteiger partial charge < -0.3 is 14.6 Å². The van der Waals surface area contributed by atoms with Crippen LogP contribution >= 0.6 is 0 Å². The van der Waals surface area contributed by atoms with Crippen LogP contribution < -0.4 is 0 Å². The Bertz CT molecular complexity index is 58.7. The molecule has 1 aliphatic heterocycles. The fourth-order valence-electron chi connectivity index (χ4n) is 0.763. The number of rotatable bonds is 2. The first-order chi connectivity index (χ1) is 3.93. The molecule has 1 fully saturated rings. The molecule has 0 bridgehead atoms. The Morgan fingerprint density at radius 1 is 1.75 bits per heavy atom. The van der Waals surface area contributed by atoms with Crippen molar-refractivity contribution < 1.29 is 14.6 Å². The van der Waals surface area contributed by atoms with Crippen LogP contribution in [0.5, 0.6) is 0 Å². The van der Waals surface area contributed by atoms with Crippen molar-refractivity contribution in [3.63, 3.8) is 0 Å². The molecule has 8 heavy (non-hydrogen) atoms. The summed E-state index contributed by atoms with van der Waals surface area (Å²) in [6, 6.07) is 0. The molecule has 1 N–H and O–H groups in total. The predicted molar refractivity (Wildman–Crippen MR) is 27.1 cm³/mol. The molecule has 48 valence electrons. The fourth-order valence-corrected chi connectivity index (χ4v) is 0.763. The van der Waals surface area contributed by atoms with Crippen LogP contribution in [0.3, 0.4) is 0 Å². The van der Waals surface area contributed by atoms with Crippen molar-refractivity contribution in [3.8, 4) is 0 Å². The maximum atomic E-state index is 8.22. The van der Waals surface area contributed by atoms with E-state index in [9.17, 15) is 0 Å². The second-order valence-corrected chi connectivity index (χ2v) is 1.74. The Hall–Kier alpha value is -0.120. The van der Waals surface area contributed by atoms with Gasteiger partial charge in [0.25, 0.3) is 0 Å². The molecule has 1 unspecified atom stereocenters. The second-order valence-electron chi connectivity index (χ2n) is 1.74. The Balaban J connectivity index is 2.06. The number of hydrogen-bond donors (Lipinski definition) is 1. The SMILES string of the molecule is OCOC1CCCO1. The van der Waals surface area contributed by atoms with E-state index in [0.29, 0.717) is 0 Å². The van der Waals surface area contributed by atoms with Crippen molar-refractivity contribution >= 4 is 0 Å². The lowest BCUT2D eigenvalue weighted by Crippen LogP contribution is -2.10. The quantitative estimate of drug-likeness (QED) is 0.522. The molecule has 0 aromatic rings. The van der Waals surface area contributed by atoms with Crippen LogP contribution in [0.25, 0.3) is 0 Å². The summed E-state index contributed by atoms with van der Waals surface area (Å²) in [7, 11) is 0. The van der Waals surface area contributed by atoms with Gasteiger partial charge in [0.2, 0.25) is 0 Å². The maximum Gasteiger partial charge on any atom is 0.160 e. The maximum absolute atomic E-state index is 8.22. The van der Waals surface area contributed by atoms with Gasteiger partial charge in [0.05, 0.1) is 0 Å². The second kappa shape index (κ2) is 3.02. The predicted octanol–water partition coefficient (Wildman–Crippen LogP) is 0.0893. The van der Waals surface area contributed by atoms with Gasteiger partial charge in [-0.05, 0) is 6.42 Å². The van der Waals surface area contributed by atoms with E-state index in [-0.39, 0.29) is 13.1 Å². The molecular weight excluding hydrogens is 108 g/mol. The van der Waals surface area contributed by atoms with Gasteiger partial charge in [-0.15, -0.1) is 0 Å². The summed E-state index contributed by atoms with van der Waals surface area (Å²) in [6.45, 7) is 0.537. The Morgan fingerprint density at radius 3 is 3.12 bits per heavy atom. The van der Waals surface area contributed by atoms with Gasteiger partial charge in [-0.3, -0.25) is 0 Å². The Labute approximate surface area is 48.2 Å². The van der Waals surface area contributed by atoms with Gasteiger partial charge in [-0.2, -0.15) is 0 Å². The lowest BCUT2D eigenvalue weighted by molar-refractivity contribution is -0.156. The molecular formula is C5H10O3. The molecule has 0 aliphatic carbocycles. The molecule has 1 atom stereocenters. The van der Waals surface area contributed by atoms with Crippen molar-refractivity contribution in [1.82, 2.24) is 0 Å². The van der Waals surface area contributed by atoms with E-state index in [2.05, 4.69) is 0 Å². The van der Waals surface area contributed by atoms with E-state index in [4.69, 9.17) is 14.6 Å². The summed E-state index contributed by atoms with van der Waals surface area (Å²) < 4.78 is 9.75. The average Bonchev–Trinajstić information content (AvgIpc) is 2.19. The Morgan fingerprint density at radius 2 is 2.62 bits per heavy atom. The minimum atomic E-state index is -0.231. The normalized spacial score (nSPS) is 28.9. The highest BCUT2D eigenvalue weighted by Crippen LogP contribution is 2.11. The van der Waals surface area contributed by atoms with Crippen LogP contribution in [0.15, 0.2) is 0 Å². The monoisotopic (exact) mass is 118 g/mol. The number of ether oxygens (including phenoxy) is 2. The van der Waals surface area contributed by atoms with Gasteiger partial charge in [-0.1, -0.05) is 0 Å². The first kappa shape index (κ1) is 6.01. The zero-order valence-electron chi connectivity index (χ0n) is 4.67. The van der Waals surface area contributed by atoms with Crippen LogP contribution in [0, 0.1) is 0 Å². The van der Waals surface area contributed by atoms with Crippen LogP contribution in [0.2, 0.25) is 0 Å². The molecule has 3 nitrogen and oxygen atoms in total. The third kappa shape index (κ3) is 1.43. The van der Waals surface area contributed by atoms with Gasteiger partial charge in [0.15, 0.2) is 6.29 Å². The molecule has 0 aromatic carbocycles. The van der Waals surface area contributed by atoms with Crippen molar-refractivity contribution in [1.29, 1.82) is 0 Å². The van der Waals surface area contributed by atoms with Crippen LogP contribution in [-0.2, 0) is 9.47 Å². The van der Waals surface area contributed by atoms with E-state index in [0.717, 1.165) is 19.4 Å². The van der Waals surface area contributed by atoms with Crippen molar-refractivity contribution in [3.05, 3.63) is 0 Å². The fraction of sp³-hybridized carbons (Fsp3) is 1.00. The number of aliphatic hydroxyl groups is 1. The van der Waals surface area contributed by atoms with Crippen molar-refractivity contribution in [2.24, 2.45) is 0 Å².